The summed E-state index contributed by atoms with van der Waals surface area (Å²) in [4.78, 5) is 3.87. The van der Waals surface area contributed by atoms with E-state index < -0.39 is 0 Å². The lowest BCUT2D eigenvalue weighted by atomic mass is 10.1. The second-order valence-corrected chi connectivity index (χ2v) is 3.17. The molecule has 0 amide bonds. The van der Waals surface area contributed by atoms with Gasteiger partial charge in [-0.05, 0) is 29.7 Å². The predicted octanol–water partition coefficient (Wildman–Crippen LogP) is 2.47. The lowest BCUT2D eigenvalue weighted by Gasteiger charge is -2.00. The summed E-state index contributed by atoms with van der Waals surface area (Å²) >= 11 is 5.85. The number of phenolic OH excluding ortho intramolecular Hbond substituents is 1. The molecule has 0 fully saturated rings. The summed E-state index contributed by atoms with van der Waals surface area (Å²) in [6.07, 6.45) is 0. The molecule has 1 heterocycles. The molecule has 0 aliphatic heterocycles. The SMILES string of the molecule is N#Cc1cc2cc(O)ccc2c(Cl)n1. The number of halogens is 1. The van der Waals surface area contributed by atoms with Gasteiger partial charge in [-0.2, -0.15) is 5.26 Å². The number of benzene rings is 1. The molecule has 2 rings (SSSR count). The molecule has 2 aromatic rings. The fourth-order valence-corrected chi connectivity index (χ4v) is 1.52. The van der Waals surface area contributed by atoms with Crippen molar-refractivity contribution < 1.29 is 5.11 Å². The van der Waals surface area contributed by atoms with Gasteiger partial charge in [-0.15, -0.1) is 0 Å². The van der Waals surface area contributed by atoms with E-state index in [0.717, 1.165) is 5.39 Å². The molecule has 0 atom stereocenters. The molecule has 68 valence electrons. The van der Waals surface area contributed by atoms with Gasteiger partial charge in [0, 0.05) is 5.39 Å². The van der Waals surface area contributed by atoms with E-state index in [1.807, 2.05) is 6.07 Å². The highest BCUT2D eigenvalue weighted by Crippen LogP contribution is 2.25. The van der Waals surface area contributed by atoms with Gasteiger partial charge in [-0.3, -0.25) is 0 Å². The zero-order valence-electron chi connectivity index (χ0n) is 7.03. The molecule has 1 aromatic heterocycles. The molecule has 4 heteroatoms. The minimum atomic E-state index is 0.142. The van der Waals surface area contributed by atoms with Gasteiger partial charge in [0.1, 0.15) is 22.7 Å². The fourth-order valence-electron chi connectivity index (χ4n) is 1.26. The van der Waals surface area contributed by atoms with Crippen LogP contribution in [0.3, 0.4) is 0 Å². The van der Waals surface area contributed by atoms with E-state index in [9.17, 15) is 5.11 Å². The van der Waals surface area contributed by atoms with Crippen LogP contribution in [0.25, 0.3) is 10.8 Å². The highest BCUT2D eigenvalue weighted by atomic mass is 35.5. The normalized spacial score (nSPS) is 10.0. The third-order valence-corrected chi connectivity index (χ3v) is 2.17. The smallest absolute Gasteiger partial charge is 0.142 e. The van der Waals surface area contributed by atoms with Crippen LogP contribution in [0, 0.1) is 11.3 Å². The van der Waals surface area contributed by atoms with E-state index >= 15 is 0 Å². The van der Waals surface area contributed by atoms with Gasteiger partial charge in [0.2, 0.25) is 0 Å². The third-order valence-electron chi connectivity index (χ3n) is 1.88. The first-order chi connectivity index (χ1) is 6.70. The number of pyridine rings is 1. The van der Waals surface area contributed by atoms with Gasteiger partial charge >= 0.3 is 0 Å². The van der Waals surface area contributed by atoms with Crippen molar-refractivity contribution in [2.75, 3.05) is 0 Å². The molecule has 0 bridgehead atoms. The first kappa shape index (κ1) is 8.79. The van der Waals surface area contributed by atoms with Crippen molar-refractivity contribution in [1.82, 2.24) is 4.98 Å². The monoisotopic (exact) mass is 204 g/mol. The van der Waals surface area contributed by atoms with Crippen molar-refractivity contribution in [1.29, 1.82) is 5.26 Å². The zero-order valence-corrected chi connectivity index (χ0v) is 7.78. The Morgan fingerprint density at radius 2 is 2.14 bits per heavy atom. The number of nitrogens with zero attached hydrogens (tertiary/aromatic N) is 2. The molecule has 0 radical (unpaired) electrons. The van der Waals surface area contributed by atoms with Crippen LogP contribution < -0.4 is 0 Å². The van der Waals surface area contributed by atoms with Crippen molar-refractivity contribution in [3.63, 3.8) is 0 Å². The maximum atomic E-state index is 9.24. The molecule has 14 heavy (non-hydrogen) atoms. The summed E-state index contributed by atoms with van der Waals surface area (Å²) < 4.78 is 0. The van der Waals surface area contributed by atoms with E-state index in [0.29, 0.717) is 5.39 Å². The molecule has 0 saturated heterocycles. The van der Waals surface area contributed by atoms with E-state index in [4.69, 9.17) is 16.9 Å². The Morgan fingerprint density at radius 1 is 1.36 bits per heavy atom. The van der Waals surface area contributed by atoms with Crippen LogP contribution in [0.4, 0.5) is 0 Å². The van der Waals surface area contributed by atoms with Crippen LogP contribution in [0.2, 0.25) is 5.15 Å². The number of hydrogen-bond acceptors (Lipinski definition) is 3. The molecular weight excluding hydrogens is 200 g/mol. The van der Waals surface area contributed by atoms with Gasteiger partial charge in [0.25, 0.3) is 0 Å². The topological polar surface area (TPSA) is 56.9 Å². The van der Waals surface area contributed by atoms with Gasteiger partial charge < -0.3 is 5.11 Å². The number of aromatic hydroxyl groups is 1. The van der Waals surface area contributed by atoms with E-state index in [2.05, 4.69) is 4.98 Å². The number of fused-ring (bicyclic) bond motifs is 1. The minimum Gasteiger partial charge on any atom is -0.508 e. The summed E-state index contributed by atoms with van der Waals surface area (Å²) in [7, 11) is 0. The summed E-state index contributed by atoms with van der Waals surface area (Å²) in [5, 5.41) is 19.6. The lowest BCUT2D eigenvalue weighted by molar-refractivity contribution is 0.476. The summed E-state index contributed by atoms with van der Waals surface area (Å²) in [5.41, 5.74) is 0.244. The average Bonchev–Trinajstić information content (AvgIpc) is 2.16. The molecule has 0 unspecified atom stereocenters. The minimum absolute atomic E-state index is 0.142. The van der Waals surface area contributed by atoms with Crippen molar-refractivity contribution >= 4 is 22.4 Å². The van der Waals surface area contributed by atoms with Crippen LogP contribution in [-0.2, 0) is 0 Å². The first-order valence-corrected chi connectivity index (χ1v) is 4.28. The molecule has 1 aromatic carbocycles. The van der Waals surface area contributed by atoms with E-state index in [1.165, 1.54) is 6.07 Å². The van der Waals surface area contributed by atoms with Crippen LogP contribution >= 0.6 is 11.6 Å². The molecule has 0 spiro atoms. The van der Waals surface area contributed by atoms with Crippen LogP contribution in [0.15, 0.2) is 24.3 Å². The summed E-state index contributed by atoms with van der Waals surface area (Å²) in [6, 6.07) is 8.23. The van der Waals surface area contributed by atoms with Gasteiger partial charge in [0.05, 0.1) is 0 Å². The van der Waals surface area contributed by atoms with Gasteiger partial charge in [-0.25, -0.2) is 4.98 Å². The van der Waals surface area contributed by atoms with Crippen molar-refractivity contribution in [3.05, 3.63) is 35.1 Å². The van der Waals surface area contributed by atoms with Crippen LogP contribution in [-0.4, -0.2) is 10.1 Å². The van der Waals surface area contributed by atoms with E-state index in [-0.39, 0.29) is 16.6 Å². The fraction of sp³-hybridized carbons (Fsp3) is 0. The standard InChI is InChI=1S/C10H5ClN2O/c11-10-9-2-1-8(14)4-6(9)3-7(5-12)13-10/h1-4,14H. The second kappa shape index (κ2) is 3.17. The Balaban J connectivity index is 2.85. The molecule has 1 N–H and O–H groups in total. The maximum Gasteiger partial charge on any atom is 0.142 e. The largest absolute Gasteiger partial charge is 0.508 e. The van der Waals surface area contributed by atoms with Crippen LogP contribution in [0.5, 0.6) is 5.75 Å². The third kappa shape index (κ3) is 1.36. The van der Waals surface area contributed by atoms with Gasteiger partial charge in [-0.1, -0.05) is 11.6 Å². The molecule has 3 nitrogen and oxygen atoms in total. The Labute approximate surface area is 85.2 Å². The number of aromatic nitrogens is 1. The average molecular weight is 205 g/mol. The molecule has 0 aliphatic rings. The first-order valence-electron chi connectivity index (χ1n) is 3.90. The second-order valence-electron chi connectivity index (χ2n) is 2.82. The zero-order chi connectivity index (χ0) is 10.1. The highest BCUT2D eigenvalue weighted by Gasteiger charge is 2.03. The summed E-state index contributed by atoms with van der Waals surface area (Å²) in [6.45, 7) is 0. The Kier molecular flexibility index (Phi) is 1.99. The quantitative estimate of drug-likeness (QED) is 0.671. The van der Waals surface area contributed by atoms with E-state index in [1.54, 1.807) is 18.2 Å². The molecular formula is C10H5ClN2O. The predicted molar refractivity (Wildman–Crippen MR) is 53.1 cm³/mol. The van der Waals surface area contributed by atoms with Gasteiger partial charge in [0.15, 0.2) is 0 Å². The molecule has 0 aliphatic carbocycles. The Bertz CT molecular complexity index is 546. The number of phenols is 1. The lowest BCUT2D eigenvalue weighted by Crippen LogP contribution is -1.85. The molecule has 0 saturated carbocycles. The summed E-state index contributed by atoms with van der Waals surface area (Å²) in [5.74, 6) is 0.142. The number of nitriles is 1. The Hall–Kier alpha value is -1.79. The van der Waals surface area contributed by atoms with Crippen molar-refractivity contribution in [2.24, 2.45) is 0 Å². The number of rotatable bonds is 0. The van der Waals surface area contributed by atoms with Crippen molar-refractivity contribution in [3.8, 4) is 11.8 Å². The highest BCUT2D eigenvalue weighted by molar-refractivity contribution is 6.34. The van der Waals surface area contributed by atoms with Crippen molar-refractivity contribution in [2.45, 2.75) is 0 Å². The number of hydrogen-bond donors (Lipinski definition) is 1. The Morgan fingerprint density at radius 3 is 2.86 bits per heavy atom. The van der Waals surface area contributed by atoms with Crippen LogP contribution in [0.1, 0.15) is 5.69 Å². The maximum absolute atomic E-state index is 9.24.